The smallest absolute Gasteiger partial charge is 0.282 e. The number of hydrogen-bond acceptors (Lipinski definition) is 8. The van der Waals surface area contributed by atoms with E-state index in [-0.39, 0.29) is 5.91 Å². The van der Waals surface area contributed by atoms with Gasteiger partial charge in [0.05, 0.1) is 16.3 Å². The van der Waals surface area contributed by atoms with E-state index in [9.17, 15) is 9.59 Å². The molecule has 3 N–H and O–H groups in total. The number of rotatable bonds is 7. The number of carbonyl (C=O) groups excluding carboxylic acids is 2. The number of benzene rings is 1. The van der Waals surface area contributed by atoms with Crippen molar-refractivity contribution in [1.82, 2.24) is 19.8 Å². The number of anilines is 2. The van der Waals surface area contributed by atoms with Gasteiger partial charge >= 0.3 is 0 Å². The van der Waals surface area contributed by atoms with Gasteiger partial charge in [0.15, 0.2) is 10.1 Å². The Morgan fingerprint density at radius 2 is 1.94 bits per heavy atom. The third-order valence-electron chi connectivity index (χ3n) is 5.66. The maximum Gasteiger partial charge on any atom is 0.282 e. The van der Waals surface area contributed by atoms with Gasteiger partial charge in [-0.2, -0.15) is 0 Å². The molecule has 10 heteroatoms. The highest BCUT2D eigenvalue weighted by Crippen LogP contribution is 2.34. The van der Waals surface area contributed by atoms with E-state index in [1.807, 2.05) is 23.3 Å². The summed E-state index contributed by atoms with van der Waals surface area (Å²) >= 11 is 2.87. The van der Waals surface area contributed by atoms with Crippen LogP contribution in [0.2, 0.25) is 0 Å². The number of aromatic nitrogens is 2. The van der Waals surface area contributed by atoms with Crippen molar-refractivity contribution in [3.8, 4) is 10.6 Å². The predicted octanol–water partition coefficient (Wildman–Crippen LogP) is 3.76. The molecule has 3 heterocycles. The molecule has 4 rings (SSSR count). The number of likely N-dealkylation sites (N-methyl/N-ethyl adjacent to an activating group) is 1. The summed E-state index contributed by atoms with van der Waals surface area (Å²) in [5.41, 5.74) is 9.45. The molecule has 0 spiro atoms. The quantitative estimate of drug-likeness (QED) is 0.529. The second-order valence-electron chi connectivity index (χ2n) is 8.18. The summed E-state index contributed by atoms with van der Waals surface area (Å²) in [6, 6.07) is 5.47. The maximum absolute atomic E-state index is 12.9. The van der Waals surface area contributed by atoms with Crippen molar-refractivity contribution in [2.75, 3.05) is 38.5 Å². The van der Waals surface area contributed by atoms with Crippen molar-refractivity contribution >= 4 is 45.3 Å². The van der Waals surface area contributed by atoms with Gasteiger partial charge in [-0.1, -0.05) is 19.4 Å². The standard InChI is InChI=1S/C23H28N6O2S2/c1-4-5-15-6-7-16(20(24)30)12-17(15)26-23-27-18(13-32-23)19-14(2)25-21(33-19)22(31)29-10-8-28(3)9-11-29/h6-7,12-13H,4-5,8-11H2,1-3H3,(H2,24,30)(H,26,27). The Bertz CT molecular complexity index is 1160. The van der Waals surface area contributed by atoms with Crippen LogP contribution in [0.5, 0.6) is 0 Å². The van der Waals surface area contributed by atoms with Crippen molar-refractivity contribution in [3.63, 3.8) is 0 Å². The molecule has 0 unspecified atom stereocenters. The van der Waals surface area contributed by atoms with Crippen molar-refractivity contribution < 1.29 is 9.59 Å². The lowest BCUT2D eigenvalue weighted by Gasteiger charge is -2.31. The van der Waals surface area contributed by atoms with Gasteiger partial charge in [-0.3, -0.25) is 9.59 Å². The third kappa shape index (κ3) is 5.23. The summed E-state index contributed by atoms with van der Waals surface area (Å²) in [6.45, 7) is 7.22. The Labute approximate surface area is 201 Å². The monoisotopic (exact) mass is 484 g/mol. The van der Waals surface area contributed by atoms with Crippen LogP contribution in [0.25, 0.3) is 10.6 Å². The number of amides is 2. The Hall–Kier alpha value is -2.82. The summed E-state index contributed by atoms with van der Waals surface area (Å²) in [7, 11) is 2.07. The van der Waals surface area contributed by atoms with Crippen LogP contribution >= 0.6 is 22.7 Å². The zero-order chi connectivity index (χ0) is 23.5. The molecule has 33 heavy (non-hydrogen) atoms. The highest BCUT2D eigenvalue weighted by Gasteiger charge is 2.25. The van der Waals surface area contributed by atoms with Crippen LogP contribution in [0.1, 0.15) is 44.8 Å². The van der Waals surface area contributed by atoms with E-state index in [2.05, 4.69) is 29.2 Å². The molecule has 1 aliphatic rings. The van der Waals surface area contributed by atoms with Gasteiger partial charge in [0.1, 0.15) is 0 Å². The zero-order valence-corrected chi connectivity index (χ0v) is 20.7. The fraction of sp³-hybridized carbons (Fsp3) is 0.391. The van der Waals surface area contributed by atoms with Crippen LogP contribution in [0.3, 0.4) is 0 Å². The van der Waals surface area contributed by atoms with E-state index < -0.39 is 5.91 Å². The van der Waals surface area contributed by atoms with E-state index in [0.29, 0.717) is 15.7 Å². The Morgan fingerprint density at radius 1 is 1.18 bits per heavy atom. The van der Waals surface area contributed by atoms with Gasteiger partial charge in [0.2, 0.25) is 5.91 Å². The number of nitrogens with zero attached hydrogens (tertiary/aromatic N) is 4. The number of aryl methyl sites for hydroxylation is 2. The largest absolute Gasteiger partial charge is 0.366 e. The van der Waals surface area contributed by atoms with E-state index >= 15 is 0 Å². The fourth-order valence-electron chi connectivity index (χ4n) is 3.75. The third-order valence-corrected chi connectivity index (χ3v) is 7.59. The van der Waals surface area contributed by atoms with Crippen LogP contribution in [-0.4, -0.2) is 64.8 Å². The number of nitrogens with two attached hydrogens (primary N) is 1. The molecule has 8 nitrogen and oxygen atoms in total. The molecule has 0 aliphatic carbocycles. The molecule has 0 radical (unpaired) electrons. The molecule has 2 amide bonds. The normalized spacial score (nSPS) is 14.5. The first-order valence-corrected chi connectivity index (χ1v) is 12.7. The van der Waals surface area contributed by atoms with Crippen molar-refractivity contribution in [1.29, 1.82) is 0 Å². The topological polar surface area (TPSA) is 104 Å². The number of carbonyl (C=O) groups is 2. The SMILES string of the molecule is CCCc1ccc(C(N)=O)cc1Nc1nc(-c2sc(C(=O)N3CCN(C)CC3)nc2C)cs1. The summed E-state index contributed by atoms with van der Waals surface area (Å²) in [5.74, 6) is -0.470. The summed E-state index contributed by atoms with van der Waals surface area (Å²) in [5, 5.41) is 6.53. The molecule has 174 valence electrons. The molecule has 0 saturated carbocycles. The minimum absolute atomic E-state index is 0.0106. The van der Waals surface area contributed by atoms with Crippen LogP contribution in [0, 0.1) is 6.92 Å². The first-order chi connectivity index (χ1) is 15.9. The van der Waals surface area contributed by atoms with Crippen molar-refractivity contribution in [3.05, 3.63) is 45.4 Å². The van der Waals surface area contributed by atoms with E-state index in [0.717, 1.165) is 66.5 Å². The molecule has 1 aromatic carbocycles. The van der Waals surface area contributed by atoms with Gasteiger partial charge in [-0.15, -0.1) is 22.7 Å². The summed E-state index contributed by atoms with van der Waals surface area (Å²) < 4.78 is 0. The van der Waals surface area contributed by atoms with Crippen LogP contribution in [0.4, 0.5) is 10.8 Å². The summed E-state index contributed by atoms with van der Waals surface area (Å²) in [4.78, 5) is 38.8. The number of thiazole rings is 2. The van der Waals surface area contributed by atoms with Crippen molar-refractivity contribution in [2.45, 2.75) is 26.7 Å². The number of piperazine rings is 1. The number of primary amides is 1. The maximum atomic E-state index is 12.9. The molecule has 1 aliphatic heterocycles. The van der Waals surface area contributed by atoms with Crippen LogP contribution in [0.15, 0.2) is 23.6 Å². The van der Waals surface area contributed by atoms with Crippen molar-refractivity contribution in [2.24, 2.45) is 5.73 Å². The predicted molar refractivity (Wildman–Crippen MR) is 134 cm³/mol. The number of nitrogens with one attached hydrogen (secondary N) is 1. The van der Waals surface area contributed by atoms with Gasteiger partial charge in [-0.05, 0) is 38.1 Å². The van der Waals surface area contributed by atoms with Crippen LogP contribution in [-0.2, 0) is 6.42 Å². The molecule has 0 bridgehead atoms. The molecule has 1 saturated heterocycles. The average molecular weight is 485 g/mol. The minimum Gasteiger partial charge on any atom is -0.366 e. The second-order valence-corrected chi connectivity index (χ2v) is 10.0. The average Bonchev–Trinajstić information content (AvgIpc) is 3.41. The van der Waals surface area contributed by atoms with Gasteiger partial charge < -0.3 is 20.9 Å². The van der Waals surface area contributed by atoms with Gasteiger partial charge in [-0.25, -0.2) is 9.97 Å². The van der Waals surface area contributed by atoms with Crippen LogP contribution < -0.4 is 11.1 Å². The van der Waals surface area contributed by atoms with E-state index in [4.69, 9.17) is 10.7 Å². The minimum atomic E-state index is -0.459. The lowest BCUT2D eigenvalue weighted by molar-refractivity contribution is 0.0663. The Morgan fingerprint density at radius 3 is 2.64 bits per heavy atom. The lowest BCUT2D eigenvalue weighted by atomic mass is 10.0. The zero-order valence-electron chi connectivity index (χ0n) is 19.1. The van der Waals surface area contributed by atoms with E-state index in [1.165, 1.54) is 22.7 Å². The highest BCUT2D eigenvalue weighted by molar-refractivity contribution is 7.18. The first kappa shape index (κ1) is 23.3. The summed E-state index contributed by atoms with van der Waals surface area (Å²) in [6.07, 6.45) is 1.86. The molecule has 2 aromatic heterocycles. The molecular formula is C23H28N6O2S2. The lowest BCUT2D eigenvalue weighted by Crippen LogP contribution is -2.47. The Balaban J connectivity index is 1.54. The second kappa shape index (κ2) is 9.98. The highest BCUT2D eigenvalue weighted by atomic mass is 32.1. The molecular weight excluding hydrogens is 456 g/mol. The molecule has 1 fully saturated rings. The van der Waals surface area contributed by atoms with Gasteiger partial charge in [0, 0.05) is 42.8 Å². The Kier molecular flexibility index (Phi) is 7.06. The molecule has 3 aromatic rings. The van der Waals surface area contributed by atoms with E-state index in [1.54, 1.807) is 12.1 Å². The van der Waals surface area contributed by atoms with Gasteiger partial charge in [0.25, 0.3) is 5.91 Å². The fourth-order valence-corrected chi connectivity index (χ4v) is 5.54. The molecule has 0 atom stereocenters. The first-order valence-electron chi connectivity index (χ1n) is 11.0. The number of hydrogen-bond donors (Lipinski definition) is 2.